The third-order valence-corrected chi connectivity index (χ3v) is 2.29. The Hall–Kier alpha value is -1.25. The number of rotatable bonds is 2. The van der Waals surface area contributed by atoms with Crippen LogP contribution in [-0.4, -0.2) is 5.60 Å². The Kier molecular flexibility index (Phi) is 1.68. The molecule has 2 N–H and O–H groups in total. The Morgan fingerprint density at radius 1 is 1.46 bits per heavy atom. The molecule has 1 aliphatic carbocycles. The lowest BCUT2D eigenvalue weighted by molar-refractivity contribution is 0.201. The fraction of sp³-hybridized carbons (Fsp3) is 0.400. The molecule has 0 radical (unpaired) electrons. The molecule has 1 aromatic carbocycles. The average molecular weight is 181 g/mol. The van der Waals surface area contributed by atoms with Crippen LogP contribution in [-0.2, 0) is 0 Å². The second-order valence-corrected chi connectivity index (χ2v) is 3.73. The number of anilines is 1. The first kappa shape index (κ1) is 8.35. The molecule has 2 rings (SSSR count). The molecule has 0 aromatic heterocycles. The summed E-state index contributed by atoms with van der Waals surface area (Å²) in [5, 5.41) is 0. The highest BCUT2D eigenvalue weighted by atomic mass is 19.1. The molecule has 0 bridgehead atoms. The summed E-state index contributed by atoms with van der Waals surface area (Å²) < 4.78 is 18.4. The number of ether oxygens (including phenoxy) is 1. The van der Waals surface area contributed by atoms with Crippen LogP contribution in [0.15, 0.2) is 18.2 Å². The molecule has 13 heavy (non-hydrogen) atoms. The van der Waals surface area contributed by atoms with Crippen molar-refractivity contribution in [3.8, 4) is 5.75 Å². The van der Waals surface area contributed by atoms with Crippen molar-refractivity contribution >= 4 is 5.69 Å². The molecule has 70 valence electrons. The smallest absolute Gasteiger partial charge is 0.145 e. The Bertz CT molecular complexity index is 334. The van der Waals surface area contributed by atoms with Crippen LogP contribution in [0.4, 0.5) is 10.1 Å². The fourth-order valence-electron chi connectivity index (χ4n) is 1.14. The van der Waals surface area contributed by atoms with Gasteiger partial charge in [0.15, 0.2) is 0 Å². The van der Waals surface area contributed by atoms with Gasteiger partial charge < -0.3 is 10.5 Å². The third kappa shape index (κ3) is 1.74. The number of nitrogen functional groups attached to an aromatic ring is 1. The van der Waals surface area contributed by atoms with Gasteiger partial charge in [-0.15, -0.1) is 0 Å². The average Bonchev–Trinajstić information content (AvgIpc) is 2.76. The Labute approximate surface area is 76.5 Å². The van der Waals surface area contributed by atoms with Crippen molar-refractivity contribution in [2.75, 3.05) is 5.73 Å². The number of halogens is 1. The molecule has 3 heteroatoms. The van der Waals surface area contributed by atoms with Crippen LogP contribution >= 0.6 is 0 Å². The molecular weight excluding hydrogens is 169 g/mol. The van der Waals surface area contributed by atoms with E-state index in [4.69, 9.17) is 10.5 Å². The van der Waals surface area contributed by atoms with Crippen LogP contribution in [0.2, 0.25) is 0 Å². The zero-order chi connectivity index (χ0) is 9.47. The summed E-state index contributed by atoms with van der Waals surface area (Å²) in [7, 11) is 0. The Morgan fingerprint density at radius 3 is 2.77 bits per heavy atom. The second-order valence-electron chi connectivity index (χ2n) is 3.73. The molecule has 0 amide bonds. The summed E-state index contributed by atoms with van der Waals surface area (Å²) in [6.07, 6.45) is 2.03. The van der Waals surface area contributed by atoms with Crippen LogP contribution in [0.25, 0.3) is 0 Å². The Balaban J connectivity index is 2.23. The molecule has 0 aliphatic heterocycles. The molecular formula is C10H12FNO. The zero-order valence-corrected chi connectivity index (χ0v) is 7.51. The topological polar surface area (TPSA) is 35.2 Å². The van der Waals surface area contributed by atoms with Crippen LogP contribution in [0, 0.1) is 5.82 Å². The van der Waals surface area contributed by atoms with Crippen LogP contribution < -0.4 is 10.5 Å². The first-order valence-electron chi connectivity index (χ1n) is 4.33. The minimum absolute atomic E-state index is 0.109. The van der Waals surface area contributed by atoms with Crippen molar-refractivity contribution in [2.24, 2.45) is 0 Å². The summed E-state index contributed by atoms with van der Waals surface area (Å²) >= 11 is 0. The summed E-state index contributed by atoms with van der Waals surface area (Å²) in [5.74, 6) is 0.147. The van der Waals surface area contributed by atoms with E-state index < -0.39 is 0 Å². The quantitative estimate of drug-likeness (QED) is 0.711. The third-order valence-electron chi connectivity index (χ3n) is 2.29. The van der Waals surface area contributed by atoms with Gasteiger partial charge in [-0.2, -0.15) is 0 Å². The molecule has 0 spiro atoms. The van der Waals surface area contributed by atoms with Gasteiger partial charge in [0.1, 0.15) is 17.2 Å². The SMILES string of the molecule is CC1(Oc2cc(F)ccc2N)CC1. The summed E-state index contributed by atoms with van der Waals surface area (Å²) in [4.78, 5) is 0. The lowest BCUT2D eigenvalue weighted by atomic mass is 10.3. The monoisotopic (exact) mass is 181 g/mol. The fourth-order valence-corrected chi connectivity index (χ4v) is 1.14. The van der Waals surface area contributed by atoms with Gasteiger partial charge >= 0.3 is 0 Å². The Morgan fingerprint density at radius 2 is 2.15 bits per heavy atom. The van der Waals surface area contributed by atoms with E-state index >= 15 is 0 Å². The largest absolute Gasteiger partial charge is 0.485 e. The molecule has 0 heterocycles. The van der Waals surface area contributed by atoms with E-state index in [1.165, 1.54) is 18.2 Å². The zero-order valence-electron chi connectivity index (χ0n) is 7.51. The van der Waals surface area contributed by atoms with Crippen molar-refractivity contribution in [3.63, 3.8) is 0 Å². The van der Waals surface area contributed by atoms with Crippen molar-refractivity contribution in [1.82, 2.24) is 0 Å². The molecule has 1 saturated carbocycles. The van der Waals surface area contributed by atoms with E-state index in [1.807, 2.05) is 6.92 Å². The van der Waals surface area contributed by atoms with Gasteiger partial charge in [-0.1, -0.05) is 0 Å². The molecule has 0 unspecified atom stereocenters. The molecule has 0 saturated heterocycles. The maximum atomic E-state index is 12.8. The lowest BCUT2D eigenvalue weighted by Gasteiger charge is -2.14. The first-order valence-corrected chi connectivity index (χ1v) is 4.33. The highest BCUT2D eigenvalue weighted by Crippen LogP contribution is 2.41. The summed E-state index contributed by atoms with van der Waals surface area (Å²) in [6, 6.07) is 4.19. The normalized spacial score (nSPS) is 18.3. The highest BCUT2D eigenvalue weighted by Gasteiger charge is 2.40. The van der Waals surface area contributed by atoms with Gasteiger partial charge in [0, 0.05) is 6.07 Å². The van der Waals surface area contributed by atoms with Gasteiger partial charge in [0.25, 0.3) is 0 Å². The van der Waals surface area contributed by atoms with Crippen molar-refractivity contribution < 1.29 is 9.13 Å². The van der Waals surface area contributed by atoms with E-state index in [0.29, 0.717) is 11.4 Å². The predicted molar refractivity (Wildman–Crippen MR) is 49.1 cm³/mol. The van der Waals surface area contributed by atoms with Gasteiger partial charge in [-0.3, -0.25) is 0 Å². The molecule has 1 fully saturated rings. The molecule has 2 nitrogen and oxygen atoms in total. The van der Waals surface area contributed by atoms with Crippen LogP contribution in [0.1, 0.15) is 19.8 Å². The maximum absolute atomic E-state index is 12.8. The van der Waals surface area contributed by atoms with Gasteiger partial charge in [0.05, 0.1) is 5.69 Å². The van der Waals surface area contributed by atoms with Gasteiger partial charge in [0.2, 0.25) is 0 Å². The van der Waals surface area contributed by atoms with E-state index in [9.17, 15) is 4.39 Å². The molecule has 0 atom stereocenters. The summed E-state index contributed by atoms with van der Waals surface area (Å²) in [6.45, 7) is 2.00. The minimum Gasteiger partial charge on any atom is -0.485 e. The minimum atomic E-state index is -0.312. The number of hydrogen-bond acceptors (Lipinski definition) is 2. The van der Waals surface area contributed by atoms with Crippen LogP contribution in [0.5, 0.6) is 5.75 Å². The molecule has 1 aromatic rings. The van der Waals surface area contributed by atoms with E-state index in [-0.39, 0.29) is 11.4 Å². The van der Waals surface area contributed by atoms with E-state index in [2.05, 4.69) is 0 Å². The number of hydrogen-bond donors (Lipinski definition) is 1. The van der Waals surface area contributed by atoms with Crippen molar-refractivity contribution in [1.29, 1.82) is 0 Å². The van der Waals surface area contributed by atoms with Crippen molar-refractivity contribution in [2.45, 2.75) is 25.4 Å². The molecule has 1 aliphatic rings. The maximum Gasteiger partial charge on any atom is 0.145 e. The van der Waals surface area contributed by atoms with E-state index in [0.717, 1.165) is 12.8 Å². The standard InChI is InChI=1S/C10H12FNO/c1-10(4-5-10)13-9-6-7(11)2-3-8(9)12/h2-3,6H,4-5,12H2,1H3. The lowest BCUT2D eigenvalue weighted by Crippen LogP contribution is -2.13. The second kappa shape index (κ2) is 2.62. The van der Waals surface area contributed by atoms with Gasteiger partial charge in [-0.25, -0.2) is 4.39 Å². The predicted octanol–water partition coefficient (Wildman–Crippen LogP) is 2.34. The van der Waals surface area contributed by atoms with Gasteiger partial charge in [-0.05, 0) is 31.9 Å². The number of nitrogens with two attached hydrogens (primary N) is 1. The number of benzene rings is 1. The first-order chi connectivity index (χ1) is 6.09. The highest BCUT2D eigenvalue weighted by molar-refractivity contribution is 5.52. The van der Waals surface area contributed by atoms with Crippen LogP contribution in [0.3, 0.4) is 0 Å². The van der Waals surface area contributed by atoms with Crippen molar-refractivity contribution in [3.05, 3.63) is 24.0 Å². The summed E-state index contributed by atoms with van der Waals surface area (Å²) in [5.41, 5.74) is 6.02. The van der Waals surface area contributed by atoms with E-state index in [1.54, 1.807) is 0 Å².